The summed E-state index contributed by atoms with van der Waals surface area (Å²) >= 11 is 0. The number of nitrogens with one attached hydrogen (secondary N) is 2. The van der Waals surface area contributed by atoms with Gasteiger partial charge in [0.15, 0.2) is 0 Å². The number of hydrogen-bond acceptors (Lipinski definition) is 5. The lowest BCUT2D eigenvalue weighted by Crippen LogP contribution is -2.45. The molecule has 7 nitrogen and oxygen atoms in total. The summed E-state index contributed by atoms with van der Waals surface area (Å²) in [6.45, 7) is 2.59. The molecule has 1 aromatic rings. The van der Waals surface area contributed by atoms with Crippen molar-refractivity contribution >= 4 is 12.0 Å². The number of esters is 1. The Morgan fingerprint density at radius 2 is 2.16 bits per heavy atom. The van der Waals surface area contributed by atoms with Gasteiger partial charge in [-0.1, -0.05) is 18.2 Å². The standard InChI is InChI=1S/C18H22N2O5/c1-11-15(17(21)25-10-12-6-5-9-24-12)16(20-18(22)19-11)13-7-3-4-8-14(13)23-2/h3-4,7-8,12,16H,5-6,9-10H2,1-2H3,(H2,19,20,22)/t12-,16-/m1/s1. The van der Waals surface area contributed by atoms with E-state index in [2.05, 4.69) is 10.6 Å². The van der Waals surface area contributed by atoms with E-state index < -0.39 is 12.0 Å². The fraction of sp³-hybridized carbons (Fsp3) is 0.444. The van der Waals surface area contributed by atoms with Gasteiger partial charge in [0.1, 0.15) is 12.4 Å². The summed E-state index contributed by atoms with van der Waals surface area (Å²) < 4.78 is 16.3. The molecule has 3 rings (SSSR count). The molecule has 0 aliphatic carbocycles. The van der Waals surface area contributed by atoms with Gasteiger partial charge < -0.3 is 24.8 Å². The van der Waals surface area contributed by atoms with Crippen molar-refractivity contribution in [3.63, 3.8) is 0 Å². The van der Waals surface area contributed by atoms with Crippen LogP contribution in [-0.2, 0) is 14.3 Å². The summed E-state index contributed by atoms with van der Waals surface area (Å²) in [7, 11) is 1.55. The quantitative estimate of drug-likeness (QED) is 0.797. The van der Waals surface area contributed by atoms with E-state index in [1.54, 1.807) is 20.1 Å². The predicted molar refractivity (Wildman–Crippen MR) is 90.0 cm³/mol. The molecule has 0 bridgehead atoms. The molecule has 1 saturated heterocycles. The molecule has 0 aromatic heterocycles. The first-order valence-electron chi connectivity index (χ1n) is 8.30. The molecule has 2 aliphatic heterocycles. The lowest BCUT2D eigenvalue weighted by Gasteiger charge is -2.29. The molecule has 1 fully saturated rings. The Kier molecular flexibility index (Phi) is 5.23. The van der Waals surface area contributed by atoms with Crippen LogP contribution in [0, 0.1) is 0 Å². The van der Waals surface area contributed by atoms with E-state index in [0.717, 1.165) is 12.8 Å². The second kappa shape index (κ2) is 7.57. The van der Waals surface area contributed by atoms with Gasteiger partial charge in [0.2, 0.25) is 0 Å². The molecule has 2 amide bonds. The van der Waals surface area contributed by atoms with E-state index in [9.17, 15) is 9.59 Å². The van der Waals surface area contributed by atoms with Gasteiger partial charge in [0.25, 0.3) is 0 Å². The second-order valence-electron chi connectivity index (χ2n) is 6.05. The van der Waals surface area contributed by atoms with Crippen LogP contribution in [0.1, 0.15) is 31.4 Å². The molecular weight excluding hydrogens is 324 g/mol. The molecule has 0 spiro atoms. The van der Waals surface area contributed by atoms with Gasteiger partial charge in [-0.05, 0) is 25.8 Å². The predicted octanol–water partition coefficient (Wildman–Crippen LogP) is 2.05. The Balaban J connectivity index is 1.85. The maximum Gasteiger partial charge on any atom is 0.338 e. The Morgan fingerprint density at radius 3 is 2.88 bits per heavy atom. The first kappa shape index (κ1) is 17.3. The highest BCUT2D eigenvalue weighted by molar-refractivity contribution is 5.95. The number of para-hydroxylation sites is 1. The van der Waals surface area contributed by atoms with E-state index in [1.165, 1.54) is 0 Å². The van der Waals surface area contributed by atoms with Crippen LogP contribution < -0.4 is 15.4 Å². The third kappa shape index (κ3) is 3.76. The fourth-order valence-electron chi connectivity index (χ4n) is 3.12. The highest BCUT2D eigenvalue weighted by Crippen LogP contribution is 2.33. The largest absolute Gasteiger partial charge is 0.496 e. The van der Waals surface area contributed by atoms with Crippen molar-refractivity contribution in [3.8, 4) is 5.75 Å². The minimum absolute atomic E-state index is 0.0549. The fourth-order valence-corrected chi connectivity index (χ4v) is 3.12. The number of allylic oxidation sites excluding steroid dienone is 1. The highest BCUT2D eigenvalue weighted by Gasteiger charge is 2.34. The van der Waals surface area contributed by atoms with Gasteiger partial charge in [-0.3, -0.25) is 0 Å². The number of rotatable bonds is 5. The summed E-state index contributed by atoms with van der Waals surface area (Å²) in [5.74, 6) is 0.114. The lowest BCUT2D eigenvalue weighted by molar-refractivity contribution is -0.142. The van der Waals surface area contributed by atoms with Crippen molar-refractivity contribution in [2.45, 2.75) is 31.9 Å². The molecule has 7 heteroatoms. The third-order valence-corrected chi connectivity index (χ3v) is 4.36. The maximum atomic E-state index is 12.7. The van der Waals surface area contributed by atoms with E-state index in [0.29, 0.717) is 29.2 Å². The molecule has 1 aromatic carbocycles. The van der Waals surface area contributed by atoms with Crippen LogP contribution in [0.4, 0.5) is 4.79 Å². The minimum atomic E-state index is -0.637. The topological polar surface area (TPSA) is 85.9 Å². The van der Waals surface area contributed by atoms with Gasteiger partial charge in [0.05, 0.1) is 24.8 Å². The molecule has 0 unspecified atom stereocenters. The van der Waals surface area contributed by atoms with E-state index in [-0.39, 0.29) is 18.7 Å². The molecule has 2 heterocycles. The second-order valence-corrected chi connectivity index (χ2v) is 6.05. The zero-order chi connectivity index (χ0) is 17.8. The lowest BCUT2D eigenvalue weighted by atomic mass is 9.95. The Labute approximate surface area is 146 Å². The Bertz CT molecular complexity index is 694. The van der Waals surface area contributed by atoms with E-state index in [4.69, 9.17) is 14.2 Å². The van der Waals surface area contributed by atoms with Crippen LogP contribution in [-0.4, -0.2) is 38.4 Å². The van der Waals surface area contributed by atoms with Crippen molar-refractivity contribution in [2.75, 3.05) is 20.3 Å². The van der Waals surface area contributed by atoms with Crippen LogP contribution >= 0.6 is 0 Å². The zero-order valence-electron chi connectivity index (χ0n) is 14.3. The number of carbonyl (C=O) groups is 2. The van der Waals surface area contributed by atoms with Crippen molar-refractivity contribution in [3.05, 3.63) is 41.1 Å². The highest BCUT2D eigenvalue weighted by atomic mass is 16.6. The van der Waals surface area contributed by atoms with Crippen molar-refractivity contribution in [2.24, 2.45) is 0 Å². The number of ether oxygens (including phenoxy) is 3. The molecular formula is C18H22N2O5. The third-order valence-electron chi connectivity index (χ3n) is 4.36. The van der Waals surface area contributed by atoms with Crippen LogP contribution in [0.3, 0.4) is 0 Å². The van der Waals surface area contributed by atoms with Crippen molar-refractivity contribution in [1.29, 1.82) is 0 Å². The summed E-state index contributed by atoms with van der Waals surface area (Å²) in [4.78, 5) is 24.6. The average molecular weight is 346 g/mol. The molecule has 2 aliphatic rings. The average Bonchev–Trinajstić information content (AvgIpc) is 3.12. The number of methoxy groups -OCH3 is 1. The molecule has 134 valence electrons. The number of benzene rings is 1. The molecule has 0 saturated carbocycles. The van der Waals surface area contributed by atoms with Gasteiger partial charge in [0, 0.05) is 17.9 Å². The molecule has 2 atom stereocenters. The van der Waals surface area contributed by atoms with E-state index >= 15 is 0 Å². The Morgan fingerprint density at radius 1 is 1.36 bits per heavy atom. The van der Waals surface area contributed by atoms with Gasteiger partial charge in [-0.2, -0.15) is 0 Å². The first-order valence-corrected chi connectivity index (χ1v) is 8.30. The van der Waals surface area contributed by atoms with Gasteiger partial charge in [-0.15, -0.1) is 0 Å². The summed E-state index contributed by atoms with van der Waals surface area (Å²) in [5.41, 5.74) is 1.53. The molecule has 25 heavy (non-hydrogen) atoms. The number of hydrogen-bond donors (Lipinski definition) is 2. The maximum absolute atomic E-state index is 12.7. The van der Waals surface area contributed by atoms with Crippen LogP contribution in [0.15, 0.2) is 35.5 Å². The summed E-state index contributed by atoms with van der Waals surface area (Å²) in [6, 6.07) is 6.25. The molecule has 0 radical (unpaired) electrons. The minimum Gasteiger partial charge on any atom is -0.496 e. The first-order chi connectivity index (χ1) is 12.1. The van der Waals surface area contributed by atoms with Gasteiger partial charge >= 0.3 is 12.0 Å². The van der Waals surface area contributed by atoms with Crippen molar-refractivity contribution < 1.29 is 23.8 Å². The van der Waals surface area contributed by atoms with Crippen LogP contribution in [0.2, 0.25) is 0 Å². The SMILES string of the molecule is COc1ccccc1[C@H]1NC(=O)NC(C)=C1C(=O)OC[C@H]1CCCO1. The summed E-state index contributed by atoms with van der Waals surface area (Å²) in [5, 5.41) is 5.41. The number of carbonyl (C=O) groups excluding carboxylic acids is 2. The monoisotopic (exact) mass is 346 g/mol. The smallest absolute Gasteiger partial charge is 0.338 e. The van der Waals surface area contributed by atoms with E-state index in [1.807, 2.05) is 18.2 Å². The van der Waals surface area contributed by atoms with Crippen molar-refractivity contribution in [1.82, 2.24) is 10.6 Å². The van der Waals surface area contributed by atoms with Crippen LogP contribution in [0.5, 0.6) is 5.75 Å². The Hall–Kier alpha value is -2.54. The number of amides is 2. The van der Waals surface area contributed by atoms with Gasteiger partial charge in [-0.25, -0.2) is 9.59 Å². The number of urea groups is 1. The zero-order valence-corrected chi connectivity index (χ0v) is 14.3. The normalized spacial score (nSPS) is 23.0. The molecule has 2 N–H and O–H groups in total. The summed E-state index contributed by atoms with van der Waals surface area (Å²) in [6.07, 6.45) is 1.81. The van der Waals surface area contributed by atoms with Crippen LogP contribution in [0.25, 0.3) is 0 Å².